The molecule has 5 nitrogen and oxygen atoms in total. The van der Waals surface area contributed by atoms with Gasteiger partial charge >= 0.3 is 0 Å². The summed E-state index contributed by atoms with van der Waals surface area (Å²) in [5, 5.41) is 1.54. The Morgan fingerprint density at radius 2 is 1.72 bits per heavy atom. The van der Waals surface area contributed by atoms with Crippen LogP contribution in [-0.4, -0.2) is 18.9 Å². The maximum atomic E-state index is 11.3. The van der Waals surface area contributed by atoms with Crippen LogP contribution in [0.15, 0.2) is 30.3 Å². The molecule has 2 aromatic carbocycles. The Morgan fingerprint density at radius 3 is 2.28 bits per heavy atom. The topological polar surface area (TPSA) is 95.4 Å². The van der Waals surface area contributed by atoms with Crippen LogP contribution in [0.1, 0.15) is 20.7 Å². The Balaban J connectivity index is 2.72. The molecule has 0 saturated carbocycles. The van der Waals surface area contributed by atoms with Gasteiger partial charge in [-0.25, -0.2) is 0 Å². The van der Waals surface area contributed by atoms with E-state index in [1.165, 1.54) is 7.11 Å². The minimum atomic E-state index is -0.585. The number of fused-ring (bicyclic) bond motifs is 1. The minimum Gasteiger partial charge on any atom is -0.496 e. The largest absolute Gasteiger partial charge is 0.496 e. The smallest absolute Gasteiger partial charge is 0.252 e. The molecule has 18 heavy (non-hydrogen) atoms. The zero-order chi connectivity index (χ0) is 13.3. The van der Waals surface area contributed by atoms with Crippen molar-refractivity contribution in [1.29, 1.82) is 0 Å². The number of carbonyl (C=O) groups excluding carboxylic acids is 2. The fourth-order valence-corrected chi connectivity index (χ4v) is 1.79. The third-order valence-corrected chi connectivity index (χ3v) is 2.71. The highest BCUT2D eigenvalue weighted by Crippen LogP contribution is 2.26. The van der Waals surface area contributed by atoms with Crippen LogP contribution in [0, 0.1) is 0 Å². The maximum Gasteiger partial charge on any atom is 0.252 e. The third-order valence-electron chi connectivity index (χ3n) is 2.71. The fourth-order valence-electron chi connectivity index (χ4n) is 1.79. The second-order valence-electron chi connectivity index (χ2n) is 3.84. The van der Waals surface area contributed by atoms with Crippen molar-refractivity contribution in [2.24, 2.45) is 11.5 Å². The average Bonchev–Trinajstić information content (AvgIpc) is 2.36. The molecule has 5 heteroatoms. The van der Waals surface area contributed by atoms with Gasteiger partial charge in [-0.15, -0.1) is 0 Å². The molecule has 92 valence electrons. The first kappa shape index (κ1) is 11.9. The van der Waals surface area contributed by atoms with Gasteiger partial charge in [-0.3, -0.25) is 9.59 Å². The second-order valence-corrected chi connectivity index (χ2v) is 3.84. The lowest BCUT2D eigenvalue weighted by molar-refractivity contribution is 0.0990. The van der Waals surface area contributed by atoms with Gasteiger partial charge in [0.2, 0.25) is 5.91 Å². The summed E-state index contributed by atoms with van der Waals surface area (Å²) < 4.78 is 5.10. The van der Waals surface area contributed by atoms with Crippen molar-refractivity contribution >= 4 is 22.6 Å². The number of ether oxygens (including phenoxy) is 1. The molecule has 2 aromatic rings. The monoisotopic (exact) mass is 244 g/mol. The molecule has 0 aromatic heterocycles. The van der Waals surface area contributed by atoms with Crippen LogP contribution in [0.4, 0.5) is 0 Å². The summed E-state index contributed by atoms with van der Waals surface area (Å²) in [7, 11) is 1.46. The highest BCUT2D eigenvalue weighted by molar-refractivity contribution is 6.03. The Labute approximate surface area is 103 Å². The normalized spacial score (nSPS) is 10.3. The molecule has 0 atom stereocenters. The van der Waals surface area contributed by atoms with E-state index in [2.05, 4.69) is 0 Å². The summed E-state index contributed by atoms with van der Waals surface area (Å²) in [6, 6.07) is 8.25. The maximum absolute atomic E-state index is 11.3. The van der Waals surface area contributed by atoms with Gasteiger partial charge in [-0.1, -0.05) is 6.07 Å². The van der Waals surface area contributed by atoms with E-state index in [1.54, 1.807) is 30.3 Å². The molecule has 0 fully saturated rings. The van der Waals surface area contributed by atoms with E-state index < -0.39 is 11.8 Å². The molecule has 0 aliphatic heterocycles. The predicted molar refractivity (Wildman–Crippen MR) is 67.5 cm³/mol. The van der Waals surface area contributed by atoms with Crippen molar-refractivity contribution in [3.05, 3.63) is 41.5 Å². The Morgan fingerprint density at radius 1 is 1.00 bits per heavy atom. The van der Waals surface area contributed by atoms with Crippen molar-refractivity contribution in [2.75, 3.05) is 7.11 Å². The number of hydrogen-bond donors (Lipinski definition) is 2. The molecule has 0 radical (unpaired) electrons. The van der Waals surface area contributed by atoms with Gasteiger partial charge in [-0.05, 0) is 35.0 Å². The van der Waals surface area contributed by atoms with Gasteiger partial charge in [0.15, 0.2) is 0 Å². The summed E-state index contributed by atoms with van der Waals surface area (Å²) in [5.41, 5.74) is 11.1. The average molecular weight is 244 g/mol. The van der Waals surface area contributed by atoms with Gasteiger partial charge in [0.05, 0.1) is 12.7 Å². The lowest BCUT2D eigenvalue weighted by Gasteiger charge is -2.08. The number of rotatable bonds is 3. The molecule has 4 N–H and O–H groups in total. The molecule has 0 spiro atoms. The van der Waals surface area contributed by atoms with Crippen molar-refractivity contribution in [1.82, 2.24) is 0 Å². The molecule has 0 aliphatic carbocycles. The number of hydrogen-bond acceptors (Lipinski definition) is 3. The zero-order valence-corrected chi connectivity index (χ0v) is 9.77. The van der Waals surface area contributed by atoms with E-state index in [0.717, 1.165) is 5.39 Å². The first-order chi connectivity index (χ1) is 8.52. The van der Waals surface area contributed by atoms with E-state index in [9.17, 15) is 9.59 Å². The first-order valence-corrected chi connectivity index (χ1v) is 5.24. The summed E-state index contributed by atoms with van der Waals surface area (Å²) in [5.74, 6) is -0.701. The van der Waals surface area contributed by atoms with Crippen LogP contribution in [0.3, 0.4) is 0 Å². The van der Waals surface area contributed by atoms with E-state index >= 15 is 0 Å². The highest BCUT2D eigenvalue weighted by Gasteiger charge is 2.11. The second kappa shape index (κ2) is 4.37. The summed E-state index contributed by atoms with van der Waals surface area (Å²) >= 11 is 0. The van der Waals surface area contributed by atoms with E-state index in [1.807, 2.05) is 0 Å². The number of methoxy groups -OCH3 is 1. The standard InChI is InChI=1S/C13H12N2O3/c1-18-11-6-7-2-3-8(12(14)16)4-9(7)5-10(11)13(15)17/h2-6H,1H3,(H2,14,16)(H2,15,17). The van der Waals surface area contributed by atoms with Crippen molar-refractivity contribution in [3.8, 4) is 5.75 Å². The van der Waals surface area contributed by atoms with Crippen LogP contribution in [0.2, 0.25) is 0 Å². The molecule has 0 bridgehead atoms. The number of nitrogens with two attached hydrogens (primary N) is 2. The van der Waals surface area contributed by atoms with Gasteiger partial charge in [-0.2, -0.15) is 0 Å². The Hall–Kier alpha value is -2.56. The lowest BCUT2D eigenvalue weighted by Crippen LogP contribution is -2.13. The quantitative estimate of drug-likeness (QED) is 0.844. The van der Waals surface area contributed by atoms with Gasteiger partial charge in [0.1, 0.15) is 5.75 Å². The molecule has 0 heterocycles. The Kier molecular flexibility index (Phi) is 2.89. The van der Waals surface area contributed by atoms with Crippen LogP contribution in [0.25, 0.3) is 10.8 Å². The third kappa shape index (κ3) is 1.98. The summed E-state index contributed by atoms with van der Waals surface area (Å²) in [6.45, 7) is 0. The fraction of sp³-hybridized carbons (Fsp3) is 0.0769. The molecule has 0 aliphatic rings. The molecule has 2 rings (SSSR count). The van der Waals surface area contributed by atoms with Crippen molar-refractivity contribution in [3.63, 3.8) is 0 Å². The first-order valence-electron chi connectivity index (χ1n) is 5.24. The van der Waals surface area contributed by atoms with Crippen molar-refractivity contribution < 1.29 is 14.3 Å². The molecule has 2 amide bonds. The van der Waals surface area contributed by atoms with Crippen LogP contribution in [0.5, 0.6) is 5.75 Å². The minimum absolute atomic E-state index is 0.270. The van der Waals surface area contributed by atoms with E-state index in [4.69, 9.17) is 16.2 Å². The highest BCUT2D eigenvalue weighted by atomic mass is 16.5. The predicted octanol–water partition coefficient (Wildman–Crippen LogP) is 1.05. The molecule has 0 unspecified atom stereocenters. The number of benzene rings is 2. The summed E-state index contributed by atoms with van der Waals surface area (Å²) in [6.07, 6.45) is 0. The van der Waals surface area contributed by atoms with Crippen LogP contribution in [-0.2, 0) is 0 Å². The summed E-state index contributed by atoms with van der Waals surface area (Å²) in [4.78, 5) is 22.4. The lowest BCUT2D eigenvalue weighted by atomic mass is 10.0. The van der Waals surface area contributed by atoms with Gasteiger partial charge in [0.25, 0.3) is 5.91 Å². The van der Waals surface area contributed by atoms with Gasteiger partial charge < -0.3 is 16.2 Å². The van der Waals surface area contributed by atoms with E-state index in [0.29, 0.717) is 16.7 Å². The van der Waals surface area contributed by atoms with Crippen LogP contribution < -0.4 is 16.2 Å². The Bertz CT molecular complexity index is 650. The number of primary amides is 2. The van der Waals surface area contributed by atoms with Crippen LogP contribution >= 0.6 is 0 Å². The van der Waals surface area contributed by atoms with E-state index in [-0.39, 0.29) is 5.56 Å². The molecule has 0 saturated heterocycles. The SMILES string of the molecule is COc1cc2ccc(C(N)=O)cc2cc1C(N)=O. The van der Waals surface area contributed by atoms with Crippen molar-refractivity contribution in [2.45, 2.75) is 0 Å². The number of carbonyl (C=O) groups is 2. The number of amides is 2. The van der Waals surface area contributed by atoms with Gasteiger partial charge in [0, 0.05) is 5.56 Å². The molecular formula is C13H12N2O3. The zero-order valence-electron chi connectivity index (χ0n) is 9.77. The molecular weight excluding hydrogens is 232 g/mol.